The van der Waals surface area contributed by atoms with E-state index in [1.165, 1.54) is 98.7 Å². The maximum atomic E-state index is 6.86. The SMILES string of the molecule is c1ccc(-c2cccc(-c3c4ccccc4c(-c4ccc5c(c4)oc4ccc(-c6ccc(-c7c8ccccc8c(-c8ccc9c(c8)oc8ccccc89)c8cc(-c9ccc%10c(-c%11ccccc%11-c%11ccccc%11)c%11ccccc%11c(-c%11ccc%12c(c%11)oc%11ccccc%11%12)c%10c9)ccc78)cc6)cc45)c4ccccc34)c2)cc1. The Hall–Kier alpha value is -14.6. The van der Waals surface area contributed by atoms with Crippen LogP contribution in [0.4, 0.5) is 0 Å². The molecule has 3 aromatic heterocycles. The molecule has 0 aliphatic heterocycles. The lowest BCUT2D eigenvalue weighted by molar-refractivity contribution is 0.668. The minimum Gasteiger partial charge on any atom is -0.456 e. The van der Waals surface area contributed by atoms with E-state index in [-0.39, 0.29) is 0 Å². The highest BCUT2D eigenvalue weighted by atomic mass is 16.3. The molecule has 0 atom stereocenters. The summed E-state index contributed by atoms with van der Waals surface area (Å²) in [5.74, 6) is 0. The lowest BCUT2D eigenvalue weighted by atomic mass is 9.82. The highest BCUT2D eigenvalue weighted by molar-refractivity contribution is 6.27. The highest BCUT2D eigenvalue weighted by Gasteiger charge is 2.25. The summed E-state index contributed by atoms with van der Waals surface area (Å²) in [6.07, 6.45) is 0. The van der Waals surface area contributed by atoms with Crippen molar-refractivity contribution in [3.05, 3.63) is 388 Å². The molecular weight excluding hydrogens is 1350 g/mol. The second-order valence-corrected chi connectivity index (χ2v) is 29.5. The van der Waals surface area contributed by atoms with Crippen molar-refractivity contribution in [3.63, 3.8) is 0 Å². The normalized spacial score (nSPS) is 12.0. The molecule has 111 heavy (non-hydrogen) atoms. The van der Waals surface area contributed by atoms with Crippen molar-refractivity contribution in [2.24, 2.45) is 0 Å². The smallest absolute Gasteiger partial charge is 0.136 e. The molecule has 0 aliphatic carbocycles. The second-order valence-electron chi connectivity index (χ2n) is 29.5. The molecule has 20 aromatic carbocycles. The summed E-state index contributed by atoms with van der Waals surface area (Å²) in [6.45, 7) is 0. The Morgan fingerprint density at radius 3 is 0.865 bits per heavy atom. The summed E-state index contributed by atoms with van der Waals surface area (Å²) in [5.41, 5.74) is 28.4. The van der Waals surface area contributed by atoms with Crippen LogP contribution in [0.5, 0.6) is 0 Å². The van der Waals surface area contributed by atoms with Crippen LogP contribution in [0.1, 0.15) is 0 Å². The Morgan fingerprint density at radius 1 is 0.108 bits per heavy atom. The van der Waals surface area contributed by atoms with Gasteiger partial charge in [0.15, 0.2) is 0 Å². The van der Waals surface area contributed by atoms with Gasteiger partial charge in [0.1, 0.15) is 33.5 Å². The molecule has 0 N–H and O–H groups in total. The van der Waals surface area contributed by atoms with Crippen molar-refractivity contribution in [1.82, 2.24) is 0 Å². The Labute approximate surface area is 639 Å². The maximum Gasteiger partial charge on any atom is 0.136 e. The van der Waals surface area contributed by atoms with Crippen LogP contribution in [-0.2, 0) is 0 Å². The number of fused-ring (bicyclic) bond motifs is 15. The lowest BCUT2D eigenvalue weighted by Gasteiger charge is -2.21. The molecule has 0 aliphatic rings. The van der Waals surface area contributed by atoms with Crippen LogP contribution in [-0.4, -0.2) is 0 Å². The number of rotatable bonds is 10. The largest absolute Gasteiger partial charge is 0.456 e. The number of para-hydroxylation sites is 2. The van der Waals surface area contributed by atoms with Gasteiger partial charge in [-0.15, -0.1) is 0 Å². The van der Waals surface area contributed by atoms with E-state index in [1.807, 2.05) is 12.1 Å². The van der Waals surface area contributed by atoms with Gasteiger partial charge in [-0.3, -0.25) is 0 Å². The quantitative estimate of drug-likeness (QED) is 0.128. The molecule has 23 aromatic rings. The average molecular weight is 1410 g/mol. The van der Waals surface area contributed by atoms with Crippen LogP contribution in [0, 0.1) is 0 Å². The zero-order valence-corrected chi connectivity index (χ0v) is 60.2. The van der Waals surface area contributed by atoms with Crippen molar-refractivity contribution in [3.8, 4) is 111 Å². The molecule has 0 unspecified atom stereocenters. The van der Waals surface area contributed by atoms with Crippen molar-refractivity contribution in [1.29, 1.82) is 0 Å². The van der Waals surface area contributed by atoms with Crippen LogP contribution in [0.25, 0.3) is 242 Å². The summed E-state index contributed by atoms with van der Waals surface area (Å²) in [4.78, 5) is 0. The van der Waals surface area contributed by atoms with Crippen LogP contribution >= 0.6 is 0 Å². The topological polar surface area (TPSA) is 39.4 Å². The third-order valence-electron chi connectivity index (χ3n) is 23.5. The molecule has 0 spiro atoms. The van der Waals surface area contributed by atoms with E-state index in [9.17, 15) is 0 Å². The molecule has 3 heteroatoms. The van der Waals surface area contributed by atoms with Crippen molar-refractivity contribution in [2.45, 2.75) is 0 Å². The van der Waals surface area contributed by atoms with Crippen LogP contribution < -0.4 is 0 Å². The molecule has 0 fully saturated rings. The fourth-order valence-corrected chi connectivity index (χ4v) is 18.4. The van der Waals surface area contributed by atoms with Crippen molar-refractivity contribution < 1.29 is 13.3 Å². The van der Waals surface area contributed by atoms with Gasteiger partial charge >= 0.3 is 0 Å². The molecule has 0 radical (unpaired) electrons. The predicted octanol–water partition coefficient (Wildman–Crippen LogP) is 31.0. The van der Waals surface area contributed by atoms with E-state index in [1.54, 1.807) is 0 Å². The van der Waals surface area contributed by atoms with Gasteiger partial charge in [-0.2, -0.15) is 0 Å². The Kier molecular flexibility index (Phi) is 14.1. The van der Waals surface area contributed by atoms with Crippen molar-refractivity contribution in [2.75, 3.05) is 0 Å². The van der Waals surface area contributed by atoms with Gasteiger partial charge in [-0.25, -0.2) is 0 Å². The van der Waals surface area contributed by atoms with E-state index in [4.69, 9.17) is 13.3 Å². The molecule has 0 saturated carbocycles. The average Bonchev–Trinajstić information content (AvgIpc) is 0.964. The summed E-state index contributed by atoms with van der Waals surface area (Å²) >= 11 is 0. The number of hydrogen-bond acceptors (Lipinski definition) is 3. The maximum absolute atomic E-state index is 6.86. The first-order chi connectivity index (χ1) is 55.0. The molecule has 0 bridgehead atoms. The van der Waals surface area contributed by atoms with Gasteiger partial charge in [-0.1, -0.05) is 309 Å². The molecule has 0 saturated heterocycles. The summed E-state index contributed by atoms with van der Waals surface area (Å²) in [7, 11) is 0. The predicted molar refractivity (Wildman–Crippen MR) is 468 cm³/mol. The minimum absolute atomic E-state index is 0.857. The van der Waals surface area contributed by atoms with E-state index in [0.717, 1.165) is 143 Å². The zero-order valence-electron chi connectivity index (χ0n) is 60.2. The minimum atomic E-state index is 0.857. The highest BCUT2D eigenvalue weighted by Crippen LogP contribution is 2.52. The van der Waals surface area contributed by atoms with Crippen LogP contribution in [0.3, 0.4) is 0 Å². The zero-order chi connectivity index (χ0) is 72.8. The first-order valence-corrected chi connectivity index (χ1v) is 38.2. The van der Waals surface area contributed by atoms with E-state index >= 15 is 0 Å². The Balaban J connectivity index is 0.672. The second kappa shape index (κ2) is 25.0. The van der Waals surface area contributed by atoms with E-state index < -0.39 is 0 Å². The fourth-order valence-electron chi connectivity index (χ4n) is 18.4. The van der Waals surface area contributed by atoms with E-state index in [0.29, 0.717) is 0 Å². The molecule has 514 valence electrons. The molecular formula is C108H64O3. The van der Waals surface area contributed by atoms with Crippen molar-refractivity contribution >= 4 is 130 Å². The third-order valence-corrected chi connectivity index (χ3v) is 23.5. The standard InChI is InChI=1S/C108H64O3/c1-3-22-65(23-4-1)69-26-21-27-73(58-69)104-85-33-10-12-35-87(85)105(88-36-13-11-34-86(88)104)74-50-54-82-94-59-70(51-57-99(94)111-102(82)62-74)66-42-44-68(45-43-66)103-84-32-9-14-37-89(84)106(75-48-52-80-78-29-17-19-40-97(78)109-100(80)63-75)95-60-71(46-55-92(95)103)72-47-56-93-96(61-72)107(76-49-53-81-79-30-18-20-41-98(79)110-101(81)64-76)90-38-15-16-39-91(90)108(93)83-31-8-7-28-77(83)67-24-5-2-6-25-67/h1-64H. The van der Waals surface area contributed by atoms with Gasteiger partial charge in [0, 0.05) is 32.3 Å². The molecule has 3 heterocycles. The first-order valence-electron chi connectivity index (χ1n) is 38.2. The molecule has 23 rings (SSSR count). The molecule has 3 nitrogen and oxygen atoms in total. The monoisotopic (exact) mass is 1410 g/mol. The summed E-state index contributed by atoms with van der Waals surface area (Å²) in [5, 5.41) is 20.8. The number of benzene rings is 20. The van der Waals surface area contributed by atoms with E-state index in [2.05, 4.69) is 376 Å². The van der Waals surface area contributed by atoms with Gasteiger partial charge in [0.05, 0.1) is 0 Å². The van der Waals surface area contributed by atoms with Crippen LogP contribution in [0.15, 0.2) is 401 Å². The van der Waals surface area contributed by atoms with Gasteiger partial charge in [0.25, 0.3) is 0 Å². The van der Waals surface area contributed by atoms with Gasteiger partial charge in [-0.05, 0) is 255 Å². The molecule has 0 amide bonds. The van der Waals surface area contributed by atoms with Gasteiger partial charge in [0.2, 0.25) is 0 Å². The summed E-state index contributed by atoms with van der Waals surface area (Å²) in [6, 6.07) is 142. The Morgan fingerprint density at radius 2 is 0.369 bits per heavy atom. The first kappa shape index (κ1) is 62.5. The lowest BCUT2D eigenvalue weighted by Crippen LogP contribution is -1.94. The fraction of sp³-hybridized carbons (Fsp3) is 0. The van der Waals surface area contributed by atoms with Gasteiger partial charge < -0.3 is 13.3 Å². The summed E-state index contributed by atoms with van der Waals surface area (Å²) < 4.78 is 20.2. The number of furan rings is 3. The number of hydrogen-bond donors (Lipinski definition) is 0. The third kappa shape index (κ3) is 10.00. The Bertz CT molecular complexity index is 7750. The van der Waals surface area contributed by atoms with Crippen LogP contribution in [0.2, 0.25) is 0 Å².